The molecule has 1 aliphatic carbocycles. The van der Waals surface area contributed by atoms with Crippen LogP contribution in [0.5, 0.6) is 0 Å². The molecular formula is C12H23NO3. The summed E-state index contributed by atoms with van der Waals surface area (Å²) in [6, 6.07) is -0.588. The highest BCUT2D eigenvalue weighted by atomic mass is 16.5. The molecule has 0 aromatic rings. The summed E-state index contributed by atoms with van der Waals surface area (Å²) in [5.74, 6) is 0.593. The molecule has 0 bridgehead atoms. The monoisotopic (exact) mass is 229 g/mol. The molecule has 4 unspecified atom stereocenters. The van der Waals surface area contributed by atoms with Crippen molar-refractivity contribution in [2.75, 3.05) is 13.7 Å². The number of ether oxygens (including phenoxy) is 1. The molecule has 0 aromatic carbocycles. The van der Waals surface area contributed by atoms with Gasteiger partial charge in [-0.05, 0) is 38.1 Å². The van der Waals surface area contributed by atoms with Crippen LogP contribution in [0, 0.1) is 11.8 Å². The Labute approximate surface area is 97.4 Å². The van der Waals surface area contributed by atoms with Crippen molar-refractivity contribution in [1.82, 2.24) is 5.32 Å². The lowest BCUT2D eigenvalue weighted by molar-refractivity contribution is -0.142. The van der Waals surface area contributed by atoms with Crippen LogP contribution in [-0.2, 0) is 9.53 Å². The van der Waals surface area contributed by atoms with Crippen LogP contribution in [0.1, 0.15) is 33.1 Å². The first kappa shape index (κ1) is 13.5. The number of hydrogen-bond donors (Lipinski definition) is 2. The molecule has 0 amide bonds. The molecule has 4 heteroatoms. The molecule has 1 aliphatic rings. The second kappa shape index (κ2) is 6.21. The van der Waals surface area contributed by atoms with Gasteiger partial charge in [-0.25, -0.2) is 0 Å². The molecule has 0 aromatic heterocycles. The van der Waals surface area contributed by atoms with E-state index in [1.54, 1.807) is 7.05 Å². The normalized spacial score (nSPS) is 32.3. The van der Waals surface area contributed by atoms with E-state index in [0.717, 1.165) is 18.8 Å². The number of rotatable bonds is 5. The Hall–Kier alpha value is -0.610. The van der Waals surface area contributed by atoms with E-state index in [1.807, 2.05) is 0 Å². The quantitative estimate of drug-likeness (QED) is 0.750. The van der Waals surface area contributed by atoms with Crippen LogP contribution in [0.15, 0.2) is 0 Å². The molecule has 0 heterocycles. The van der Waals surface area contributed by atoms with Gasteiger partial charge in [-0.3, -0.25) is 4.79 Å². The zero-order chi connectivity index (χ0) is 12.1. The number of nitrogens with one attached hydrogen (secondary N) is 1. The SMILES string of the molecule is CNC(COC1CCC(C)C(C)C1)C(=O)O. The molecule has 2 N–H and O–H groups in total. The average Bonchev–Trinajstić information content (AvgIpc) is 2.23. The maximum atomic E-state index is 10.8. The number of carbonyl (C=O) groups is 1. The summed E-state index contributed by atoms with van der Waals surface area (Å²) in [7, 11) is 1.65. The number of carboxylic acids is 1. The fourth-order valence-corrected chi connectivity index (χ4v) is 2.16. The molecule has 94 valence electrons. The summed E-state index contributed by atoms with van der Waals surface area (Å²) in [4.78, 5) is 10.8. The first-order valence-electron chi connectivity index (χ1n) is 6.06. The summed E-state index contributed by atoms with van der Waals surface area (Å²) in [6.45, 7) is 4.78. The van der Waals surface area contributed by atoms with Crippen molar-refractivity contribution in [3.63, 3.8) is 0 Å². The van der Waals surface area contributed by atoms with E-state index in [2.05, 4.69) is 19.2 Å². The van der Waals surface area contributed by atoms with Crippen molar-refractivity contribution in [2.24, 2.45) is 11.8 Å². The van der Waals surface area contributed by atoms with Gasteiger partial charge in [0.05, 0.1) is 12.7 Å². The van der Waals surface area contributed by atoms with Gasteiger partial charge in [-0.2, -0.15) is 0 Å². The smallest absolute Gasteiger partial charge is 0.323 e. The van der Waals surface area contributed by atoms with Crippen molar-refractivity contribution < 1.29 is 14.6 Å². The first-order chi connectivity index (χ1) is 7.54. The van der Waals surface area contributed by atoms with Crippen LogP contribution < -0.4 is 5.32 Å². The van der Waals surface area contributed by atoms with Crippen LogP contribution in [0.2, 0.25) is 0 Å². The van der Waals surface area contributed by atoms with Crippen LogP contribution in [0.4, 0.5) is 0 Å². The van der Waals surface area contributed by atoms with E-state index in [4.69, 9.17) is 9.84 Å². The molecule has 1 saturated carbocycles. The molecule has 0 saturated heterocycles. The third kappa shape index (κ3) is 3.76. The van der Waals surface area contributed by atoms with Crippen LogP contribution in [-0.4, -0.2) is 36.9 Å². The minimum atomic E-state index is -0.847. The molecule has 0 aliphatic heterocycles. The highest BCUT2D eigenvalue weighted by Gasteiger charge is 2.26. The van der Waals surface area contributed by atoms with Gasteiger partial charge < -0.3 is 15.2 Å². The van der Waals surface area contributed by atoms with Gasteiger partial charge in [0.2, 0.25) is 0 Å². The lowest BCUT2D eigenvalue weighted by atomic mass is 9.80. The van der Waals surface area contributed by atoms with Crippen molar-refractivity contribution in [3.05, 3.63) is 0 Å². The minimum absolute atomic E-state index is 0.237. The molecular weight excluding hydrogens is 206 g/mol. The largest absolute Gasteiger partial charge is 0.480 e. The van der Waals surface area contributed by atoms with Crippen LogP contribution in [0.25, 0.3) is 0 Å². The Morgan fingerprint density at radius 2 is 2.12 bits per heavy atom. The summed E-state index contributed by atoms with van der Waals surface area (Å²) >= 11 is 0. The minimum Gasteiger partial charge on any atom is -0.480 e. The molecule has 1 rings (SSSR count). The zero-order valence-corrected chi connectivity index (χ0v) is 10.4. The summed E-state index contributed by atoms with van der Waals surface area (Å²) in [6.07, 6.45) is 3.53. The lowest BCUT2D eigenvalue weighted by Gasteiger charge is -2.32. The predicted octanol–water partition coefficient (Wildman–Crippen LogP) is 1.50. The Bertz CT molecular complexity index is 232. The van der Waals surface area contributed by atoms with Gasteiger partial charge in [-0.1, -0.05) is 13.8 Å². The fourth-order valence-electron chi connectivity index (χ4n) is 2.16. The topological polar surface area (TPSA) is 58.6 Å². The maximum absolute atomic E-state index is 10.8. The summed E-state index contributed by atoms with van der Waals surface area (Å²) in [5.41, 5.74) is 0. The van der Waals surface area contributed by atoms with Crippen LogP contribution in [0.3, 0.4) is 0 Å². The van der Waals surface area contributed by atoms with Gasteiger partial charge in [0.25, 0.3) is 0 Å². The van der Waals surface area contributed by atoms with Crippen molar-refractivity contribution in [3.8, 4) is 0 Å². The van der Waals surface area contributed by atoms with E-state index in [0.29, 0.717) is 5.92 Å². The Morgan fingerprint density at radius 3 is 2.62 bits per heavy atom. The number of aliphatic carboxylic acids is 1. The molecule has 4 nitrogen and oxygen atoms in total. The first-order valence-corrected chi connectivity index (χ1v) is 6.06. The molecule has 1 fully saturated rings. The maximum Gasteiger partial charge on any atom is 0.323 e. The highest BCUT2D eigenvalue weighted by molar-refractivity contribution is 5.73. The lowest BCUT2D eigenvalue weighted by Crippen LogP contribution is -2.40. The number of carboxylic acid groups (broad SMARTS) is 1. The average molecular weight is 229 g/mol. The Morgan fingerprint density at radius 1 is 1.44 bits per heavy atom. The predicted molar refractivity (Wildman–Crippen MR) is 62.4 cm³/mol. The van der Waals surface area contributed by atoms with Crippen molar-refractivity contribution >= 4 is 5.97 Å². The standard InChI is InChI=1S/C12H23NO3/c1-8-4-5-10(6-9(8)2)16-7-11(13-3)12(14)15/h8-11,13H,4-7H2,1-3H3,(H,14,15). The van der Waals surface area contributed by atoms with Gasteiger partial charge in [-0.15, -0.1) is 0 Å². The Balaban J connectivity index is 2.30. The highest BCUT2D eigenvalue weighted by Crippen LogP contribution is 2.30. The van der Waals surface area contributed by atoms with Gasteiger partial charge in [0.15, 0.2) is 0 Å². The molecule has 0 spiro atoms. The molecule has 16 heavy (non-hydrogen) atoms. The van der Waals surface area contributed by atoms with Crippen LogP contribution >= 0.6 is 0 Å². The summed E-state index contributed by atoms with van der Waals surface area (Å²) < 4.78 is 5.67. The second-order valence-electron chi connectivity index (χ2n) is 4.90. The van der Waals surface area contributed by atoms with E-state index >= 15 is 0 Å². The van der Waals surface area contributed by atoms with E-state index in [-0.39, 0.29) is 12.7 Å². The van der Waals surface area contributed by atoms with Gasteiger partial charge in [0.1, 0.15) is 6.04 Å². The third-order valence-corrected chi connectivity index (χ3v) is 3.70. The van der Waals surface area contributed by atoms with E-state index in [1.165, 1.54) is 6.42 Å². The molecule has 4 atom stereocenters. The Kier molecular flexibility index (Phi) is 5.22. The van der Waals surface area contributed by atoms with E-state index in [9.17, 15) is 4.79 Å². The molecule has 0 radical (unpaired) electrons. The van der Waals surface area contributed by atoms with Crippen molar-refractivity contribution in [2.45, 2.75) is 45.3 Å². The summed E-state index contributed by atoms with van der Waals surface area (Å²) in [5, 5.41) is 11.6. The fraction of sp³-hybridized carbons (Fsp3) is 0.917. The zero-order valence-electron chi connectivity index (χ0n) is 10.4. The third-order valence-electron chi connectivity index (χ3n) is 3.70. The number of likely N-dealkylation sites (N-methyl/N-ethyl adjacent to an activating group) is 1. The second-order valence-corrected chi connectivity index (χ2v) is 4.90. The number of hydrogen-bond acceptors (Lipinski definition) is 3. The van der Waals surface area contributed by atoms with E-state index < -0.39 is 12.0 Å². The van der Waals surface area contributed by atoms with Gasteiger partial charge in [0, 0.05) is 0 Å². The van der Waals surface area contributed by atoms with Crippen molar-refractivity contribution in [1.29, 1.82) is 0 Å². The van der Waals surface area contributed by atoms with Gasteiger partial charge >= 0.3 is 5.97 Å².